The zero-order valence-electron chi connectivity index (χ0n) is 11.6. The lowest BCUT2D eigenvalue weighted by Crippen LogP contribution is -2.51. The molecule has 2 atom stereocenters. The van der Waals surface area contributed by atoms with Gasteiger partial charge in [-0.15, -0.1) is 0 Å². The van der Waals surface area contributed by atoms with E-state index < -0.39 is 0 Å². The molecule has 1 aromatic rings. The van der Waals surface area contributed by atoms with Gasteiger partial charge in [-0.05, 0) is 33.0 Å². The van der Waals surface area contributed by atoms with Gasteiger partial charge in [-0.25, -0.2) is 0 Å². The van der Waals surface area contributed by atoms with Crippen molar-refractivity contribution in [3.63, 3.8) is 0 Å². The first-order valence-corrected chi connectivity index (χ1v) is 6.72. The first-order valence-electron chi connectivity index (χ1n) is 6.72. The van der Waals surface area contributed by atoms with Crippen LogP contribution in [0.25, 0.3) is 0 Å². The summed E-state index contributed by atoms with van der Waals surface area (Å²) in [4.78, 5) is 2.34. The average molecular weight is 248 g/mol. The van der Waals surface area contributed by atoms with Crippen molar-refractivity contribution in [1.29, 1.82) is 0 Å². The van der Waals surface area contributed by atoms with Gasteiger partial charge in [-0.1, -0.05) is 29.8 Å². The summed E-state index contributed by atoms with van der Waals surface area (Å²) >= 11 is 0. The normalized spacial score (nSPS) is 22.9. The lowest BCUT2D eigenvalue weighted by atomic mass is 9.99. The van der Waals surface area contributed by atoms with Crippen molar-refractivity contribution < 1.29 is 4.74 Å². The van der Waals surface area contributed by atoms with E-state index in [0.717, 1.165) is 26.1 Å². The second-order valence-corrected chi connectivity index (χ2v) is 5.26. The Morgan fingerprint density at radius 3 is 3.00 bits per heavy atom. The van der Waals surface area contributed by atoms with E-state index in [1.807, 2.05) is 7.05 Å². The molecule has 3 heteroatoms. The van der Waals surface area contributed by atoms with Crippen molar-refractivity contribution in [1.82, 2.24) is 10.2 Å². The van der Waals surface area contributed by atoms with E-state index in [-0.39, 0.29) is 6.10 Å². The molecule has 1 aliphatic rings. The Bertz CT molecular complexity index is 381. The predicted octanol–water partition coefficient (Wildman–Crippen LogP) is 1.46. The van der Waals surface area contributed by atoms with E-state index in [2.05, 4.69) is 48.5 Å². The number of likely N-dealkylation sites (N-methyl/N-ethyl adjacent to an activating group) is 2. The Hall–Kier alpha value is -0.900. The fourth-order valence-electron chi connectivity index (χ4n) is 2.57. The molecule has 3 nitrogen and oxygen atoms in total. The van der Waals surface area contributed by atoms with Crippen LogP contribution in [0.2, 0.25) is 0 Å². The second kappa shape index (κ2) is 6.32. The molecule has 1 N–H and O–H groups in total. The minimum atomic E-state index is 0.286. The summed E-state index contributed by atoms with van der Waals surface area (Å²) < 4.78 is 5.90. The number of nitrogens with one attached hydrogen (secondary N) is 1. The molecule has 1 aliphatic heterocycles. The largest absolute Gasteiger partial charge is 0.374 e. The van der Waals surface area contributed by atoms with E-state index >= 15 is 0 Å². The number of ether oxygens (including phenoxy) is 1. The van der Waals surface area contributed by atoms with Crippen LogP contribution in [0.4, 0.5) is 0 Å². The standard InChI is InChI=1S/C15H24N2O/c1-12-5-4-6-13(9-12)10-14(16-2)15-11-17(3)7-8-18-15/h4-6,9,14-16H,7-8,10-11H2,1-3H3. The Balaban J connectivity index is 2.00. The summed E-state index contributed by atoms with van der Waals surface area (Å²) in [5.74, 6) is 0. The number of hydrogen-bond acceptors (Lipinski definition) is 3. The topological polar surface area (TPSA) is 24.5 Å². The summed E-state index contributed by atoms with van der Waals surface area (Å²) in [6, 6.07) is 9.11. The smallest absolute Gasteiger partial charge is 0.0858 e. The molecule has 1 fully saturated rings. The lowest BCUT2D eigenvalue weighted by Gasteiger charge is -2.35. The highest BCUT2D eigenvalue weighted by atomic mass is 16.5. The highest BCUT2D eigenvalue weighted by Gasteiger charge is 2.25. The first-order chi connectivity index (χ1) is 8.69. The van der Waals surface area contributed by atoms with Crippen LogP contribution in [0.5, 0.6) is 0 Å². The van der Waals surface area contributed by atoms with Gasteiger partial charge in [0.15, 0.2) is 0 Å². The van der Waals surface area contributed by atoms with Gasteiger partial charge < -0.3 is 15.0 Å². The third kappa shape index (κ3) is 3.55. The molecule has 1 heterocycles. The first kappa shape index (κ1) is 13.5. The number of hydrogen-bond donors (Lipinski definition) is 1. The maximum absolute atomic E-state index is 5.90. The molecule has 0 bridgehead atoms. The maximum atomic E-state index is 5.90. The highest BCUT2D eigenvalue weighted by Crippen LogP contribution is 2.13. The molecule has 0 spiro atoms. The van der Waals surface area contributed by atoms with Crippen LogP contribution in [0, 0.1) is 6.92 Å². The molecular weight excluding hydrogens is 224 g/mol. The quantitative estimate of drug-likeness (QED) is 0.873. The second-order valence-electron chi connectivity index (χ2n) is 5.26. The minimum absolute atomic E-state index is 0.286. The van der Waals surface area contributed by atoms with E-state index in [0.29, 0.717) is 6.04 Å². The van der Waals surface area contributed by atoms with Crippen LogP contribution in [-0.2, 0) is 11.2 Å². The molecule has 0 saturated carbocycles. The Kier molecular flexibility index (Phi) is 4.75. The van der Waals surface area contributed by atoms with Gasteiger partial charge in [0.25, 0.3) is 0 Å². The molecule has 0 aliphatic carbocycles. The van der Waals surface area contributed by atoms with Crippen LogP contribution in [0.15, 0.2) is 24.3 Å². The average Bonchev–Trinajstić information content (AvgIpc) is 2.36. The minimum Gasteiger partial charge on any atom is -0.374 e. The SMILES string of the molecule is CNC(Cc1cccc(C)c1)C1CN(C)CCO1. The number of benzene rings is 1. The third-order valence-electron chi connectivity index (χ3n) is 3.65. The van der Waals surface area contributed by atoms with Crippen molar-refractivity contribution in [2.75, 3.05) is 33.8 Å². The van der Waals surface area contributed by atoms with Crippen LogP contribution in [0.3, 0.4) is 0 Å². The Labute approximate surface area is 110 Å². The molecule has 0 aromatic heterocycles. The summed E-state index contributed by atoms with van der Waals surface area (Å²) in [7, 11) is 4.19. The summed E-state index contributed by atoms with van der Waals surface area (Å²) in [6.45, 7) is 5.03. The van der Waals surface area contributed by atoms with Gasteiger partial charge >= 0.3 is 0 Å². The van der Waals surface area contributed by atoms with Crippen LogP contribution in [0.1, 0.15) is 11.1 Å². The molecule has 2 unspecified atom stereocenters. The van der Waals surface area contributed by atoms with E-state index in [1.165, 1.54) is 11.1 Å². The molecule has 0 radical (unpaired) electrons. The van der Waals surface area contributed by atoms with Crippen molar-refractivity contribution in [2.24, 2.45) is 0 Å². The predicted molar refractivity (Wildman–Crippen MR) is 75.0 cm³/mol. The van der Waals surface area contributed by atoms with Gasteiger partial charge in [0.05, 0.1) is 12.7 Å². The van der Waals surface area contributed by atoms with Crippen LogP contribution in [-0.4, -0.2) is 50.8 Å². The molecule has 1 saturated heterocycles. The fraction of sp³-hybridized carbons (Fsp3) is 0.600. The maximum Gasteiger partial charge on any atom is 0.0858 e. The van der Waals surface area contributed by atoms with E-state index in [9.17, 15) is 0 Å². The van der Waals surface area contributed by atoms with E-state index in [4.69, 9.17) is 4.74 Å². The highest BCUT2D eigenvalue weighted by molar-refractivity contribution is 5.23. The van der Waals surface area contributed by atoms with Crippen LogP contribution >= 0.6 is 0 Å². The van der Waals surface area contributed by atoms with Gasteiger partial charge in [-0.3, -0.25) is 0 Å². The zero-order valence-corrected chi connectivity index (χ0v) is 11.6. The van der Waals surface area contributed by atoms with Crippen molar-refractivity contribution in [3.05, 3.63) is 35.4 Å². The molecule has 0 amide bonds. The fourth-order valence-corrected chi connectivity index (χ4v) is 2.57. The summed E-state index contributed by atoms with van der Waals surface area (Å²) in [5, 5.41) is 3.41. The van der Waals surface area contributed by atoms with Gasteiger partial charge in [0, 0.05) is 19.1 Å². The Morgan fingerprint density at radius 2 is 2.33 bits per heavy atom. The number of rotatable bonds is 4. The molecular formula is C15H24N2O. The van der Waals surface area contributed by atoms with Crippen molar-refractivity contribution >= 4 is 0 Å². The Morgan fingerprint density at radius 1 is 1.50 bits per heavy atom. The van der Waals surface area contributed by atoms with Crippen molar-refractivity contribution in [2.45, 2.75) is 25.5 Å². The number of nitrogens with zero attached hydrogens (tertiary/aromatic N) is 1. The van der Waals surface area contributed by atoms with Crippen LogP contribution < -0.4 is 5.32 Å². The number of aryl methyl sites for hydroxylation is 1. The molecule has 100 valence electrons. The lowest BCUT2D eigenvalue weighted by molar-refractivity contribution is -0.0372. The molecule has 18 heavy (non-hydrogen) atoms. The molecule has 1 aromatic carbocycles. The summed E-state index contributed by atoms with van der Waals surface area (Å²) in [5.41, 5.74) is 2.70. The monoisotopic (exact) mass is 248 g/mol. The van der Waals surface area contributed by atoms with Crippen molar-refractivity contribution in [3.8, 4) is 0 Å². The van der Waals surface area contributed by atoms with Gasteiger partial charge in [-0.2, -0.15) is 0 Å². The third-order valence-corrected chi connectivity index (χ3v) is 3.65. The number of morpholine rings is 1. The molecule has 2 rings (SSSR count). The van der Waals surface area contributed by atoms with Gasteiger partial charge in [0.2, 0.25) is 0 Å². The van der Waals surface area contributed by atoms with Gasteiger partial charge in [0.1, 0.15) is 0 Å². The zero-order chi connectivity index (χ0) is 13.0. The van der Waals surface area contributed by atoms with E-state index in [1.54, 1.807) is 0 Å². The summed E-state index contributed by atoms with van der Waals surface area (Å²) in [6.07, 6.45) is 1.31.